The van der Waals surface area contributed by atoms with Crippen LogP contribution in [0.5, 0.6) is 0 Å². The van der Waals surface area contributed by atoms with Gasteiger partial charge in [-0.3, -0.25) is 0 Å². The van der Waals surface area contributed by atoms with E-state index in [1.807, 2.05) is 0 Å². The van der Waals surface area contributed by atoms with Crippen LogP contribution in [0.1, 0.15) is 64.7 Å². The van der Waals surface area contributed by atoms with Crippen molar-refractivity contribution in [3.05, 3.63) is 0 Å². The Morgan fingerprint density at radius 1 is 1.06 bits per heavy atom. The predicted molar refractivity (Wildman–Crippen MR) is 78.9 cm³/mol. The van der Waals surface area contributed by atoms with Gasteiger partial charge in [0.1, 0.15) is 0 Å². The van der Waals surface area contributed by atoms with Gasteiger partial charge in [0.2, 0.25) is 0 Å². The molecule has 2 heteroatoms. The molecule has 2 saturated carbocycles. The first-order valence-corrected chi connectivity index (χ1v) is 8.11. The van der Waals surface area contributed by atoms with Crippen molar-refractivity contribution in [3.8, 4) is 0 Å². The van der Waals surface area contributed by atoms with Crippen LogP contribution in [-0.4, -0.2) is 37.1 Å². The lowest BCUT2D eigenvalue weighted by molar-refractivity contribution is 0.0339. The Morgan fingerprint density at radius 3 is 2.17 bits per heavy atom. The SMILES string of the molecule is CCNC(C1CCCC1)C1(N(C)C)CCCCC1. The topological polar surface area (TPSA) is 15.3 Å². The monoisotopic (exact) mass is 252 g/mol. The lowest BCUT2D eigenvalue weighted by Crippen LogP contribution is -2.62. The second-order valence-electron chi connectivity index (χ2n) is 6.64. The van der Waals surface area contributed by atoms with Gasteiger partial charge in [0.25, 0.3) is 0 Å². The van der Waals surface area contributed by atoms with Gasteiger partial charge in [0.15, 0.2) is 0 Å². The normalized spacial score (nSPS) is 26.7. The molecule has 0 radical (unpaired) electrons. The number of nitrogens with one attached hydrogen (secondary N) is 1. The zero-order valence-electron chi connectivity index (χ0n) is 12.7. The van der Waals surface area contributed by atoms with E-state index in [4.69, 9.17) is 0 Å². The summed E-state index contributed by atoms with van der Waals surface area (Å²) in [6, 6.07) is 0.722. The Hall–Kier alpha value is -0.0800. The van der Waals surface area contributed by atoms with Crippen molar-refractivity contribution >= 4 is 0 Å². The van der Waals surface area contributed by atoms with Crippen LogP contribution in [0.2, 0.25) is 0 Å². The fourth-order valence-corrected chi connectivity index (χ4v) is 4.51. The van der Waals surface area contributed by atoms with Crippen molar-refractivity contribution in [2.24, 2.45) is 5.92 Å². The highest BCUT2D eigenvalue weighted by Gasteiger charge is 2.45. The van der Waals surface area contributed by atoms with E-state index in [1.54, 1.807) is 0 Å². The molecule has 2 aliphatic carbocycles. The first-order valence-electron chi connectivity index (χ1n) is 8.11. The number of hydrogen-bond donors (Lipinski definition) is 1. The second-order valence-corrected chi connectivity index (χ2v) is 6.64. The van der Waals surface area contributed by atoms with Gasteiger partial charge < -0.3 is 10.2 Å². The van der Waals surface area contributed by atoms with Gasteiger partial charge in [-0.1, -0.05) is 39.0 Å². The van der Waals surface area contributed by atoms with E-state index in [0.717, 1.165) is 18.5 Å². The molecule has 1 unspecified atom stereocenters. The van der Waals surface area contributed by atoms with Gasteiger partial charge in [-0.25, -0.2) is 0 Å². The van der Waals surface area contributed by atoms with Crippen LogP contribution in [0.25, 0.3) is 0 Å². The van der Waals surface area contributed by atoms with Crippen LogP contribution in [0.3, 0.4) is 0 Å². The van der Waals surface area contributed by atoms with Crippen LogP contribution in [0, 0.1) is 5.92 Å². The molecular weight excluding hydrogens is 220 g/mol. The van der Waals surface area contributed by atoms with Crippen molar-refractivity contribution in [1.82, 2.24) is 10.2 Å². The second kappa shape index (κ2) is 6.38. The molecule has 2 rings (SSSR count). The molecule has 0 aliphatic heterocycles. The first kappa shape index (κ1) is 14.3. The van der Waals surface area contributed by atoms with E-state index in [1.165, 1.54) is 57.8 Å². The van der Waals surface area contributed by atoms with Gasteiger partial charge in [0.05, 0.1) is 0 Å². The molecule has 0 bridgehead atoms. The molecule has 2 aliphatic rings. The Labute approximate surface area is 114 Å². The van der Waals surface area contributed by atoms with Crippen LogP contribution in [-0.2, 0) is 0 Å². The summed E-state index contributed by atoms with van der Waals surface area (Å²) in [5, 5.41) is 3.87. The van der Waals surface area contributed by atoms with Crippen molar-refractivity contribution in [2.75, 3.05) is 20.6 Å². The average molecular weight is 252 g/mol. The maximum Gasteiger partial charge on any atom is 0.0359 e. The highest BCUT2D eigenvalue weighted by Crippen LogP contribution is 2.41. The highest BCUT2D eigenvalue weighted by atomic mass is 15.2. The van der Waals surface area contributed by atoms with Crippen molar-refractivity contribution in [3.63, 3.8) is 0 Å². The Bertz CT molecular complexity index is 237. The Kier molecular flexibility index (Phi) is 5.08. The highest BCUT2D eigenvalue weighted by molar-refractivity contribution is 5.03. The molecule has 0 aromatic carbocycles. The summed E-state index contributed by atoms with van der Waals surface area (Å²) in [7, 11) is 4.62. The third-order valence-electron chi connectivity index (χ3n) is 5.48. The zero-order chi connectivity index (χ0) is 13.0. The molecule has 106 valence electrons. The maximum absolute atomic E-state index is 3.87. The molecule has 18 heavy (non-hydrogen) atoms. The predicted octanol–water partition coefficient (Wildman–Crippen LogP) is 3.42. The largest absolute Gasteiger partial charge is 0.312 e. The molecule has 0 aromatic heterocycles. The molecule has 0 amide bonds. The summed E-state index contributed by atoms with van der Waals surface area (Å²) in [4.78, 5) is 2.55. The molecule has 2 fully saturated rings. The fourth-order valence-electron chi connectivity index (χ4n) is 4.51. The molecule has 0 spiro atoms. The van der Waals surface area contributed by atoms with Crippen LogP contribution < -0.4 is 5.32 Å². The summed E-state index contributed by atoms with van der Waals surface area (Å²) in [6.07, 6.45) is 12.9. The summed E-state index contributed by atoms with van der Waals surface area (Å²) < 4.78 is 0. The molecule has 0 heterocycles. The first-order chi connectivity index (χ1) is 8.70. The van der Waals surface area contributed by atoms with Gasteiger partial charge >= 0.3 is 0 Å². The molecule has 0 aromatic rings. The van der Waals surface area contributed by atoms with E-state index >= 15 is 0 Å². The minimum absolute atomic E-state index is 0.434. The zero-order valence-corrected chi connectivity index (χ0v) is 12.7. The molecule has 2 nitrogen and oxygen atoms in total. The number of nitrogens with zero attached hydrogens (tertiary/aromatic N) is 1. The van der Waals surface area contributed by atoms with Crippen LogP contribution >= 0.6 is 0 Å². The quantitative estimate of drug-likeness (QED) is 0.806. The van der Waals surface area contributed by atoms with Crippen molar-refractivity contribution < 1.29 is 0 Å². The van der Waals surface area contributed by atoms with Gasteiger partial charge in [-0.05, 0) is 52.2 Å². The van der Waals surface area contributed by atoms with E-state index in [9.17, 15) is 0 Å². The smallest absolute Gasteiger partial charge is 0.0359 e. The van der Waals surface area contributed by atoms with Crippen molar-refractivity contribution in [2.45, 2.75) is 76.3 Å². The standard InChI is InChI=1S/C16H32N2/c1-4-17-15(14-10-6-7-11-14)16(18(2)3)12-8-5-9-13-16/h14-15,17H,4-13H2,1-3H3. The van der Waals surface area contributed by atoms with Gasteiger partial charge in [-0.2, -0.15) is 0 Å². The van der Waals surface area contributed by atoms with Crippen LogP contribution in [0.4, 0.5) is 0 Å². The summed E-state index contributed by atoms with van der Waals surface area (Å²) >= 11 is 0. The minimum atomic E-state index is 0.434. The average Bonchev–Trinajstić information content (AvgIpc) is 2.90. The minimum Gasteiger partial charge on any atom is -0.312 e. The molecular formula is C16H32N2. The molecule has 1 atom stereocenters. The third-order valence-corrected chi connectivity index (χ3v) is 5.48. The van der Waals surface area contributed by atoms with Gasteiger partial charge in [0, 0.05) is 11.6 Å². The fraction of sp³-hybridized carbons (Fsp3) is 1.00. The van der Waals surface area contributed by atoms with E-state index < -0.39 is 0 Å². The van der Waals surface area contributed by atoms with E-state index in [-0.39, 0.29) is 0 Å². The summed E-state index contributed by atoms with van der Waals surface area (Å²) in [5.74, 6) is 0.922. The van der Waals surface area contributed by atoms with Crippen molar-refractivity contribution in [1.29, 1.82) is 0 Å². The molecule has 0 saturated heterocycles. The lowest BCUT2D eigenvalue weighted by Gasteiger charge is -2.51. The Balaban J connectivity index is 2.17. The number of hydrogen-bond acceptors (Lipinski definition) is 2. The third kappa shape index (κ3) is 2.75. The van der Waals surface area contributed by atoms with Crippen LogP contribution in [0.15, 0.2) is 0 Å². The Morgan fingerprint density at radius 2 is 1.67 bits per heavy atom. The van der Waals surface area contributed by atoms with E-state index in [2.05, 4.69) is 31.2 Å². The summed E-state index contributed by atoms with van der Waals surface area (Å²) in [5.41, 5.74) is 0.434. The number of rotatable bonds is 5. The lowest BCUT2D eigenvalue weighted by atomic mass is 9.70. The summed E-state index contributed by atoms with van der Waals surface area (Å²) in [6.45, 7) is 3.39. The van der Waals surface area contributed by atoms with Gasteiger partial charge in [-0.15, -0.1) is 0 Å². The number of likely N-dealkylation sites (N-methyl/N-ethyl adjacent to an activating group) is 2. The maximum atomic E-state index is 3.87. The van der Waals surface area contributed by atoms with E-state index in [0.29, 0.717) is 5.54 Å². The molecule has 1 N–H and O–H groups in total.